The van der Waals surface area contributed by atoms with E-state index in [1.54, 1.807) is 17.1 Å². The van der Waals surface area contributed by atoms with Crippen LogP contribution in [0.3, 0.4) is 0 Å². The number of hydrogen-bond acceptors (Lipinski definition) is 2. The quantitative estimate of drug-likeness (QED) is 0.885. The highest BCUT2D eigenvalue weighted by Crippen LogP contribution is 2.27. The second kappa shape index (κ2) is 6.76. The Kier molecular flexibility index (Phi) is 5.01. The van der Waals surface area contributed by atoms with E-state index in [9.17, 15) is 13.2 Å². The van der Waals surface area contributed by atoms with Gasteiger partial charge in [0, 0.05) is 36.0 Å². The van der Waals surface area contributed by atoms with Gasteiger partial charge in [0.2, 0.25) is 0 Å². The minimum Gasteiger partial charge on any atom is -0.306 e. The van der Waals surface area contributed by atoms with Gasteiger partial charge in [0.05, 0.1) is 12.2 Å². The molecule has 6 heteroatoms. The Bertz CT molecular complexity index is 587. The number of rotatable bonds is 6. The molecule has 0 radical (unpaired) electrons. The third-order valence-corrected chi connectivity index (χ3v) is 3.24. The zero-order chi connectivity index (χ0) is 15.4. The lowest BCUT2D eigenvalue weighted by Gasteiger charge is -2.19. The Morgan fingerprint density at radius 3 is 2.38 bits per heavy atom. The molecule has 1 atom stereocenters. The van der Waals surface area contributed by atoms with Crippen molar-refractivity contribution in [2.45, 2.75) is 32.9 Å². The number of nitrogens with zero attached hydrogens (tertiary/aromatic N) is 2. The largest absolute Gasteiger partial charge is 0.306 e. The van der Waals surface area contributed by atoms with E-state index < -0.39 is 23.5 Å². The van der Waals surface area contributed by atoms with E-state index in [0.717, 1.165) is 6.42 Å². The van der Waals surface area contributed by atoms with E-state index in [4.69, 9.17) is 0 Å². The predicted octanol–water partition coefficient (Wildman–Crippen LogP) is 3.41. The van der Waals surface area contributed by atoms with Gasteiger partial charge in [-0.25, -0.2) is 13.2 Å². The molecule has 2 aromatic rings. The summed E-state index contributed by atoms with van der Waals surface area (Å²) in [5.74, 6) is -2.72. The lowest BCUT2D eigenvalue weighted by molar-refractivity contribution is 0.486. The first-order valence-electron chi connectivity index (χ1n) is 6.97. The number of nitrogens with one attached hydrogen (secondary N) is 1. The van der Waals surface area contributed by atoms with E-state index in [1.807, 2.05) is 13.8 Å². The number of aromatic nitrogens is 2. The van der Waals surface area contributed by atoms with Crippen molar-refractivity contribution < 1.29 is 13.2 Å². The second-order valence-electron chi connectivity index (χ2n) is 4.80. The van der Waals surface area contributed by atoms with Crippen LogP contribution in [0.15, 0.2) is 24.5 Å². The molecule has 1 aromatic carbocycles. The maximum atomic E-state index is 14.0. The van der Waals surface area contributed by atoms with Crippen molar-refractivity contribution in [3.63, 3.8) is 0 Å². The summed E-state index contributed by atoms with van der Waals surface area (Å²) in [4.78, 5) is 0. The Labute approximate surface area is 121 Å². The molecular weight excluding hydrogens is 279 g/mol. The van der Waals surface area contributed by atoms with Gasteiger partial charge >= 0.3 is 0 Å². The van der Waals surface area contributed by atoms with Gasteiger partial charge in [0.15, 0.2) is 0 Å². The lowest BCUT2D eigenvalue weighted by Crippen LogP contribution is -2.25. The molecule has 0 saturated heterocycles. The molecule has 0 aliphatic rings. The van der Waals surface area contributed by atoms with Crippen LogP contribution >= 0.6 is 0 Å². The molecule has 114 valence electrons. The third-order valence-electron chi connectivity index (χ3n) is 3.24. The van der Waals surface area contributed by atoms with Crippen LogP contribution in [-0.2, 0) is 6.54 Å². The van der Waals surface area contributed by atoms with Gasteiger partial charge in [-0.15, -0.1) is 0 Å². The SMILES string of the molecule is CCCNC(c1cnn(CC)c1)c1c(F)cc(F)cc1F. The number of benzene rings is 1. The minimum atomic E-state index is -0.924. The van der Waals surface area contributed by atoms with E-state index in [0.29, 0.717) is 30.8 Å². The molecule has 0 saturated carbocycles. The Morgan fingerprint density at radius 1 is 1.19 bits per heavy atom. The van der Waals surface area contributed by atoms with E-state index in [1.165, 1.54) is 0 Å². The highest BCUT2D eigenvalue weighted by Gasteiger charge is 2.23. The molecule has 0 spiro atoms. The molecule has 0 fully saturated rings. The smallest absolute Gasteiger partial charge is 0.134 e. The van der Waals surface area contributed by atoms with E-state index in [-0.39, 0.29) is 5.56 Å². The van der Waals surface area contributed by atoms with Gasteiger partial charge in [0.1, 0.15) is 17.5 Å². The van der Waals surface area contributed by atoms with Gasteiger partial charge in [-0.3, -0.25) is 4.68 Å². The predicted molar refractivity (Wildman–Crippen MR) is 74.4 cm³/mol. The van der Waals surface area contributed by atoms with Gasteiger partial charge in [0.25, 0.3) is 0 Å². The number of halogens is 3. The fraction of sp³-hybridized carbons (Fsp3) is 0.400. The lowest BCUT2D eigenvalue weighted by atomic mass is 10.00. The van der Waals surface area contributed by atoms with Crippen LogP contribution in [0.25, 0.3) is 0 Å². The summed E-state index contributed by atoms with van der Waals surface area (Å²) in [5.41, 5.74) is 0.468. The summed E-state index contributed by atoms with van der Waals surface area (Å²) in [7, 11) is 0. The van der Waals surface area contributed by atoms with Crippen LogP contribution in [0, 0.1) is 17.5 Å². The van der Waals surface area contributed by atoms with Crippen LogP contribution < -0.4 is 5.32 Å². The molecule has 3 nitrogen and oxygen atoms in total. The van der Waals surface area contributed by atoms with Crippen LogP contribution in [0.4, 0.5) is 13.2 Å². The average molecular weight is 297 g/mol. The van der Waals surface area contributed by atoms with Crippen molar-refractivity contribution >= 4 is 0 Å². The average Bonchev–Trinajstić information content (AvgIpc) is 2.90. The molecule has 1 unspecified atom stereocenters. The second-order valence-corrected chi connectivity index (χ2v) is 4.80. The first-order valence-corrected chi connectivity index (χ1v) is 6.97. The van der Waals surface area contributed by atoms with Crippen LogP contribution in [0.5, 0.6) is 0 Å². The van der Waals surface area contributed by atoms with Crippen molar-refractivity contribution in [3.8, 4) is 0 Å². The summed E-state index contributed by atoms with van der Waals surface area (Å²) in [6, 6.07) is 0.706. The number of aryl methyl sites for hydroxylation is 1. The first kappa shape index (κ1) is 15.6. The Morgan fingerprint density at radius 2 is 1.86 bits per heavy atom. The minimum absolute atomic E-state index is 0.180. The molecule has 0 bridgehead atoms. The summed E-state index contributed by atoms with van der Waals surface area (Å²) in [6.45, 7) is 5.12. The maximum Gasteiger partial charge on any atom is 0.134 e. The van der Waals surface area contributed by atoms with Crippen molar-refractivity contribution in [1.29, 1.82) is 0 Å². The van der Waals surface area contributed by atoms with Gasteiger partial charge in [-0.05, 0) is 19.9 Å². The molecule has 1 heterocycles. The standard InChI is InChI=1S/C15H18F3N3/c1-3-5-19-15(10-8-20-21(4-2)9-10)14-12(17)6-11(16)7-13(14)18/h6-9,15,19H,3-5H2,1-2H3. The summed E-state index contributed by atoms with van der Waals surface area (Å²) < 4.78 is 42.8. The van der Waals surface area contributed by atoms with Crippen molar-refractivity contribution in [1.82, 2.24) is 15.1 Å². The van der Waals surface area contributed by atoms with Gasteiger partial charge in [-0.1, -0.05) is 6.92 Å². The van der Waals surface area contributed by atoms with Crippen molar-refractivity contribution in [2.24, 2.45) is 0 Å². The summed E-state index contributed by atoms with van der Waals surface area (Å²) in [5, 5.41) is 7.21. The van der Waals surface area contributed by atoms with Crippen LogP contribution in [0.1, 0.15) is 37.4 Å². The van der Waals surface area contributed by atoms with E-state index >= 15 is 0 Å². The van der Waals surface area contributed by atoms with Crippen LogP contribution in [0.2, 0.25) is 0 Å². The Hall–Kier alpha value is -1.82. The highest BCUT2D eigenvalue weighted by molar-refractivity contribution is 5.32. The molecule has 0 amide bonds. The molecule has 0 aliphatic carbocycles. The third kappa shape index (κ3) is 3.44. The molecule has 2 rings (SSSR count). The zero-order valence-electron chi connectivity index (χ0n) is 12.0. The fourth-order valence-electron chi connectivity index (χ4n) is 2.21. The normalized spacial score (nSPS) is 12.6. The summed E-state index contributed by atoms with van der Waals surface area (Å²) in [6.07, 6.45) is 4.11. The highest BCUT2D eigenvalue weighted by atomic mass is 19.1. The molecule has 1 N–H and O–H groups in total. The molecule has 1 aromatic heterocycles. The van der Waals surface area contributed by atoms with Crippen molar-refractivity contribution in [3.05, 3.63) is 53.1 Å². The van der Waals surface area contributed by atoms with Gasteiger partial charge < -0.3 is 5.32 Å². The Balaban J connectivity index is 2.45. The molecular formula is C15H18F3N3. The summed E-state index contributed by atoms with van der Waals surface area (Å²) >= 11 is 0. The number of hydrogen-bond donors (Lipinski definition) is 1. The zero-order valence-corrected chi connectivity index (χ0v) is 12.0. The van der Waals surface area contributed by atoms with E-state index in [2.05, 4.69) is 10.4 Å². The molecule has 0 aliphatic heterocycles. The topological polar surface area (TPSA) is 29.9 Å². The van der Waals surface area contributed by atoms with Crippen LogP contribution in [-0.4, -0.2) is 16.3 Å². The monoisotopic (exact) mass is 297 g/mol. The fourth-order valence-corrected chi connectivity index (χ4v) is 2.21. The van der Waals surface area contributed by atoms with Gasteiger partial charge in [-0.2, -0.15) is 5.10 Å². The first-order chi connectivity index (χ1) is 10.1. The maximum absolute atomic E-state index is 14.0. The molecule has 21 heavy (non-hydrogen) atoms. The van der Waals surface area contributed by atoms with Crippen molar-refractivity contribution in [2.75, 3.05) is 6.54 Å².